The van der Waals surface area contributed by atoms with Crippen LogP contribution in [0, 0.1) is 5.82 Å². The second-order valence-electron chi connectivity index (χ2n) is 5.30. The van der Waals surface area contributed by atoms with E-state index in [4.69, 9.17) is 9.84 Å². The highest BCUT2D eigenvalue weighted by atomic mass is 32.2. The monoisotopic (exact) mass is 316 g/mol. The highest BCUT2D eigenvalue weighted by molar-refractivity contribution is 7.91. The number of halogens is 1. The first-order valence-electron chi connectivity index (χ1n) is 6.65. The Morgan fingerprint density at radius 2 is 2.10 bits per heavy atom. The number of benzene rings is 1. The Hall–Kier alpha value is -1.63. The molecule has 0 aliphatic heterocycles. The van der Waals surface area contributed by atoms with Crippen molar-refractivity contribution in [1.82, 2.24) is 0 Å². The van der Waals surface area contributed by atoms with E-state index in [2.05, 4.69) is 0 Å². The van der Waals surface area contributed by atoms with Crippen molar-refractivity contribution in [2.45, 2.75) is 37.0 Å². The molecule has 1 saturated carbocycles. The summed E-state index contributed by atoms with van der Waals surface area (Å²) in [5.74, 6) is -1.85. The number of carboxylic acids is 1. The summed E-state index contributed by atoms with van der Waals surface area (Å²) in [5, 5.41) is 8.58. The number of rotatable bonds is 4. The molecule has 0 saturated heterocycles. The van der Waals surface area contributed by atoms with E-state index in [9.17, 15) is 17.6 Å². The van der Waals surface area contributed by atoms with Gasteiger partial charge in [-0.3, -0.25) is 0 Å². The minimum Gasteiger partial charge on any atom is -0.489 e. The molecule has 1 aromatic rings. The molecule has 21 heavy (non-hydrogen) atoms. The molecule has 2 rings (SSSR count). The molecule has 0 spiro atoms. The average molecular weight is 316 g/mol. The molecule has 5 nitrogen and oxygen atoms in total. The zero-order valence-corrected chi connectivity index (χ0v) is 12.4. The van der Waals surface area contributed by atoms with Crippen molar-refractivity contribution in [1.29, 1.82) is 0 Å². The highest BCUT2D eigenvalue weighted by Gasteiger charge is 2.30. The van der Waals surface area contributed by atoms with Gasteiger partial charge in [0, 0.05) is 18.7 Å². The Morgan fingerprint density at radius 1 is 1.38 bits per heavy atom. The Labute approximate surface area is 122 Å². The molecule has 1 aromatic carbocycles. The number of hydrogen-bond donors (Lipinski definition) is 1. The standard InChI is InChI=1S/C14H17FO5S/c1-21(18,19)11-4-2-3-10(8-11)20-13-7-9(15)5-6-12(13)14(16)17/h5-7,10-11H,2-4,8H2,1H3,(H,16,17). The minimum absolute atomic E-state index is 0.0540. The molecule has 1 aliphatic rings. The minimum atomic E-state index is -3.16. The van der Waals surface area contributed by atoms with Gasteiger partial charge < -0.3 is 9.84 Å². The van der Waals surface area contributed by atoms with Crippen molar-refractivity contribution in [3.8, 4) is 5.75 Å². The van der Waals surface area contributed by atoms with E-state index in [0.29, 0.717) is 25.7 Å². The predicted molar refractivity (Wildman–Crippen MR) is 74.9 cm³/mol. The van der Waals surface area contributed by atoms with Gasteiger partial charge in [0.25, 0.3) is 0 Å². The van der Waals surface area contributed by atoms with Crippen LogP contribution >= 0.6 is 0 Å². The maximum atomic E-state index is 13.3. The number of ether oxygens (including phenoxy) is 1. The first-order valence-corrected chi connectivity index (χ1v) is 8.61. The van der Waals surface area contributed by atoms with Gasteiger partial charge in [0.15, 0.2) is 0 Å². The lowest BCUT2D eigenvalue weighted by Crippen LogP contribution is -2.33. The Morgan fingerprint density at radius 3 is 2.71 bits per heavy atom. The van der Waals surface area contributed by atoms with Crippen molar-refractivity contribution in [3.05, 3.63) is 29.6 Å². The lowest BCUT2D eigenvalue weighted by molar-refractivity contribution is 0.0686. The van der Waals surface area contributed by atoms with Crippen LogP contribution in [0.25, 0.3) is 0 Å². The normalized spacial score (nSPS) is 22.8. The molecule has 0 bridgehead atoms. The van der Waals surface area contributed by atoms with E-state index in [1.807, 2.05) is 0 Å². The third kappa shape index (κ3) is 3.93. The summed E-state index contributed by atoms with van der Waals surface area (Å²) in [6.45, 7) is 0. The number of aromatic carboxylic acids is 1. The summed E-state index contributed by atoms with van der Waals surface area (Å²) in [4.78, 5) is 11.1. The third-order valence-electron chi connectivity index (χ3n) is 3.65. The van der Waals surface area contributed by atoms with E-state index >= 15 is 0 Å². The first kappa shape index (κ1) is 15.8. The molecule has 1 aliphatic carbocycles. The van der Waals surface area contributed by atoms with Crippen LogP contribution < -0.4 is 4.74 Å². The first-order chi connectivity index (χ1) is 9.77. The van der Waals surface area contributed by atoms with Crippen molar-refractivity contribution >= 4 is 15.8 Å². The van der Waals surface area contributed by atoms with Gasteiger partial charge in [0.05, 0.1) is 11.4 Å². The maximum Gasteiger partial charge on any atom is 0.339 e. The maximum absolute atomic E-state index is 13.3. The summed E-state index contributed by atoms with van der Waals surface area (Å²) >= 11 is 0. The van der Waals surface area contributed by atoms with Crippen LogP contribution in [0.4, 0.5) is 4.39 Å². The van der Waals surface area contributed by atoms with Crippen molar-refractivity contribution < 1.29 is 27.4 Å². The van der Waals surface area contributed by atoms with E-state index < -0.39 is 33.0 Å². The van der Waals surface area contributed by atoms with Crippen molar-refractivity contribution in [3.63, 3.8) is 0 Å². The Balaban J connectivity index is 2.18. The number of carbonyl (C=O) groups is 1. The van der Waals surface area contributed by atoms with Gasteiger partial charge in [0.1, 0.15) is 27.0 Å². The molecule has 0 amide bonds. The van der Waals surface area contributed by atoms with Gasteiger partial charge in [-0.25, -0.2) is 17.6 Å². The molecule has 1 N–H and O–H groups in total. The predicted octanol–water partition coefficient (Wildman–Crippen LogP) is 2.26. The largest absolute Gasteiger partial charge is 0.489 e. The summed E-state index contributed by atoms with van der Waals surface area (Å²) < 4.78 is 42.0. The van der Waals surface area contributed by atoms with Crippen LogP contribution in [0.5, 0.6) is 5.75 Å². The van der Waals surface area contributed by atoms with Crippen molar-refractivity contribution in [2.75, 3.05) is 6.26 Å². The van der Waals surface area contributed by atoms with Crippen molar-refractivity contribution in [2.24, 2.45) is 0 Å². The number of sulfone groups is 1. The Kier molecular flexibility index (Phi) is 4.51. The fraction of sp³-hybridized carbons (Fsp3) is 0.500. The summed E-state index contributed by atoms with van der Waals surface area (Å²) in [6.07, 6.45) is 2.95. The zero-order valence-electron chi connectivity index (χ0n) is 11.6. The van der Waals surface area contributed by atoms with Gasteiger partial charge in [-0.2, -0.15) is 0 Å². The molecular weight excluding hydrogens is 299 g/mol. The van der Waals surface area contributed by atoms with Crippen LogP contribution in [0.15, 0.2) is 18.2 Å². The topological polar surface area (TPSA) is 80.7 Å². The van der Waals surface area contributed by atoms with Gasteiger partial charge in [0.2, 0.25) is 0 Å². The quantitative estimate of drug-likeness (QED) is 0.921. The van der Waals surface area contributed by atoms with Crippen LogP contribution in [-0.2, 0) is 9.84 Å². The van der Waals surface area contributed by atoms with E-state index in [0.717, 1.165) is 18.2 Å². The molecule has 0 aromatic heterocycles. The second kappa shape index (κ2) is 6.01. The SMILES string of the molecule is CS(=O)(=O)C1CCCC(Oc2cc(F)ccc2C(=O)O)C1. The van der Waals surface area contributed by atoms with Gasteiger partial charge >= 0.3 is 5.97 Å². The molecule has 2 atom stereocenters. The number of hydrogen-bond acceptors (Lipinski definition) is 4. The molecule has 116 valence electrons. The summed E-state index contributed by atoms with van der Waals surface area (Å²) in [5.41, 5.74) is -0.127. The highest BCUT2D eigenvalue weighted by Crippen LogP contribution is 2.29. The Bertz CT molecular complexity index is 641. The fourth-order valence-corrected chi connectivity index (χ4v) is 3.71. The zero-order chi connectivity index (χ0) is 15.6. The van der Waals surface area contributed by atoms with Gasteiger partial charge in [-0.1, -0.05) is 0 Å². The fourth-order valence-electron chi connectivity index (χ4n) is 2.55. The van der Waals surface area contributed by atoms with Crippen LogP contribution in [0.1, 0.15) is 36.0 Å². The van der Waals surface area contributed by atoms with Gasteiger partial charge in [-0.15, -0.1) is 0 Å². The number of carboxylic acid groups (broad SMARTS) is 1. The summed E-state index contributed by atoms with van der Waals surface area (Å²) in [6, 6.07) is 3.22. The van der Waals surface area contributed by atoms with Crippen LogP contribution in [0.3, 0.4) is 0 Å². The smallest absolute Gasteiger partial charge is 0.339 e. The summed E-state index contributed by atoms with van der Waals surface area (Å²) in [7, 11) is -3.16. The lowest BCUT2D eigenvalue weighted by Gasteiger charge is -2.28. The van der Waals surface area contributed by atoms with Gasteiger partial charge in [-0.05, 0) is 31.4 Å². The molecule has 7 heteroatoms. The molecule has 2 unspecified atom stereocenters. The average Bonchev–Trinajstić information content (AvgIpc) is 2.37. The molecule has 1 fully saturated rings. The van der Waals surface area contributed by atoms with Crippen LogP contribution in [0.2, 0.25) is 0 Å². The third-order valence-corrected chi connectivity index (χ3v) is 5.29. The second-order valence-corrected chi connectivity index (χ2v) is 7.63. The van der Waals surface area contributed by atoms with E-state index in [1.54, 1.807) is 0 Å². The lowest BCUT2D eigenvalue weighted by atomic mass is 9.97. The molecule has 0 radical (unpaired) electrons. The molecule has 0 heterocycles. The van der Waals surface area contributed by atoms with Crippen LogP contribution in [-0.4, -0.2) is 37.1 Å². The molecular formula is C14H17FO5S. The van der Waals surface area contributed by atoms with E-state index in [-0.39, 0.29) is 11.3 Å². The van der Waals surface area contributed by atoms with E-state index in [1.165, 1.54) is 6.26 Å².